The fourth-order valence-corrected chi connectivity index (χ4v) is 2.81. The average Bonchev–Trinajstić information content (AvgIpc) is 3.17. The summed E-state index contributed by atoms with van der Waals surface area (Å²) in [6.07, 6.45) is 0.610. The van der Waals surface area contributed by atoms with Crippen molar-refractivity contribution < 1.29 is 19.1 Å². The molecule has 10 nitrogen and oxygen atoms in total. The van der Waals surface area contributed by atoms with Gasteiger partial charge in [0.05, 0.1) is 13.7 Å². The van der Waals surface area contributed by atoms with Gasteiger partial charge in [-0.05, 0) is 11.6 Å². The molecule has 1 aromatic heterocycles. The Morgan fingerprint density at radius 3 is 2.81 bits per heavy atom. The second-order valence-electron chi connectivity index (χ2n) is 6.04. The van der Waals surface area contributed by atoms with Crippen LogP contribution >= 0.6 is 0 Å². The van der Waals surface area contributed by atoms with Crippen molar-refractivity contribution in [3.05, 3.63) is 30.3 Å². The number of aromatic nitrogens is 4. The fourth-order valence-electron chi connectivity index (χ4n) is 2.81. The van der Waals surface area contributed by atoms with Gasteiger partial charge >= 0.3 is 5.97 Å². The third-order valence-electron chi connectivity index (χ3n) is 4.21. The van der Waals surface area contributed by atoms with Crippen LogP contribution in [0.5, 0.6) is 0 Å². The summed E-state index contributed by atoms with van der Waals surface area (Å²) in [6, 6.07) is 8.66. The van der Waals surface area contributed by atoms with Crippen molar-refractivity contribution in [1.82, 2.24) is 30.4 Å². The van der Waals surface area contributed by atoms with Gasteiger partial charge in [-0.25, -0.2) is 4.79 Å². The molecule has 10 heteroatoms. The number of ether oxygens (including phenoxy) is 1. The molecule has 0 radical (unpaired) electrons. The lowest BCUT2D eigenvalue weighted by Gasteiger charge is -2.33. The SMILES string of the molecule is COC(=O)[C@H]1CNC(=O)CN1C(=O)CCCn1nnc(-c2ccccc2)n1. The first-order valence-electron chi connectivity index (χ1n) is 8.55. The molecule has 1 N–H and O–H groups in total. The molecular weight excluding hydrogens is 352 g/mol. The molecule has 27 heavy (non-hydrogen) atoms. The first-order chi connectivity index (χ1) is 13.1. The molecule has 2 heterocycles. The van der Waals surface area contributed by atoms with Crippen LogP contribution in [-0.2, 0) is 25.7 Å². The predicted molar refractivity (Wildman–Crippen MR) is 93.0 cm³/mol. The number of aryl methyl sites for hydroxylation is 1. The van der Waals surface area contributed by atoms with Crippen LogP contribution < -0.4 is 5.32 Å². The van der Waals surface area contributed by atoms with Crippen LogP contribution in [0.3, 0.4) is 0 Å². The van der Waals surface area contributed by atoms with E-state index in [1.54, 1.807) is 0 Å². The number of nitrogens with one attached hydrogen (secondary N) is 1. The second kappa shape index (κ2) is 8.39. The van der Waals surface area contributed by atoms with Gasteiger partial charge in [-0.1, -0.05) is 30.3 Å². The predicted octanol–water partition coefficient (Wildman–Crippen LogP) is -0.380. The van der Waals surface area contributed by atoms with E-state index in [0.717, 1.165) is 5.56 Å². The van der Waals surface area contributed by atoms with Crippen molar-refractivity contribution in [2.45, 2.75) is 25.4 Å². The molecule has 0 aliphatic carbocycles. The summed E-state index contributed by atoms with van der Waals surface area (Å²) in [5.41, 5.74) is 0.861. The number of piperazine rings is 1. The van der Waals surface area contributed by atoms with E-state index in [0.29, 0.717) is 18.8 Å². The summed E-state index contributed by atoms with van der Waals surface area (Å²) in [5.74, 6) is -0.619. The zero-order valence-corrected chi connectivity index (χ0v) is 14.9. The van der Waals surface area contributed by atoms with E-state index >= 15 is 0 Å². The lowest BCUT2D eigenvalue weighted by molar-refractivity contribution is -0.156. The fraction of sp³-hybridized carbons (Fsp3) is 0.412. The third-order valence-corrected chi connectivity index (χ3v) is 4.21. The number of hydrogen-bond acceptors (Lipinski definition) is 7. The van der Waals surface area contributed by atoms with Gasteiger partial charge in [0.15, 0.2) is 0 Å². The van der Waals surface area contributed by atoms with Crippen molar-refractivity contribution in [2.75, 3.05) is 20.2 Å². The Labute approximate surface area is 155 Å². The maximum atomic E-state index is 12.5. The molecule has 2 amide bonds. The van der Waals surface area contributed by atoms with Gasteiger partial charge in [0, 0.05) is 18.5 Å². The van der Waals surface area contributed by atoms with E-state index in [-0.39, 0.29) is 31.3 Å². The Morgan fingerprint density at radius 2 is 2.07 bits per heavy atom. The van der Waals surface area contributed by atoms with Gasteiger partial charge in [-0.3, -0.25) is 9.59 Å². The molecule has 142 valence electrons. The largest absolute Gasteiger partial charge is 0.467 e. The Hall–Kier alpha value is -3.30. The van der Waals surface area contributed by atoms with Crippen molar-refractivity contribution in [2.24, 2.45) is 0 Å². The van der Waals surface area contributed by atoms with Crippen LogP contribution in [0.1, 0.15) is 12.8 Å². The Balaban J connectivity index is 1.55. The Morgan fingerprint density at radius 1 is 1.30 bits per heavy atom. The van der Waals surface area contributed by atoms with E-state index in [2.05, 4.69) is 20.7 Å². The number of amides is 2. The molecule has 0 spiro atoms. The van der Waals surface area contributed by atoms with Crippen LogP contribution in [0.15, 0.2) is 30.3 Å². The van der Waals surface area contributed by atoms with E-state index in [1.165, 1.54) is 16.8 Å². The highest BCUT2D eigenvalue weighted by molar-refractivity contribution is 5.91. The smallest absolute Gasteiger partial charge is 0.330 e. The minimum Gasteiger partial charge on any atom is -0.467 e. The van der Waals surface area contributed by atoms with E-state index < -0.39 is 12.0 Å². The molecule has 1 atom stereocenters. The minimum atomic E-state index is -0.797. The first-order valence-corrected chi connectivity index (χ1v) is 8.55. The molecule has 0 unspecified atom stereocenters. The second-order valence-corrected chi connectivity index (χ2v) is 6.04. The average molecular weight is 372 g/mol. The summed E-state index contributed by atoms with van der Waals surface area (Å²) < 4.78 is 4.71. The van der Waals surface area contributed by atoms with E-state index in [4.69, 9.17) is 4.74 Å². The van der Waals surface area contributed by atoms with Crippen molar-refractivity contribution in [3.8, 4) is 11.4 Å². The molecule has 1 aliphatic heterocycles. The van der Waals surface area contributed by atoms with E-state index in [1.807, 2.05) is 30.3 Å². The maximum Gasteiger partial charge on any atom is 0.330 e. The van der Waals surface area contributed by atoms with Crippen molar-refractivity contribution in [3.63, 3.8) is 0 Å². The summed E-state index contributed by atoms with van der Waals surface area (Å²) in [6.45, 7) is 0.301. The zero-order valence-electron chi connectivity index (χ0n) is 14.9. The monoisotopic (exact) mass is 372 g/mol. The number of benzene rings is 1. The van der Waals surface area contributed by atoms with E-state index in [9.17, 15) is 14.4 Å². The molecule has 2 aromatic rings. The standard InChI is InChI=1S/C17H20N6O4/c1-27-17(26)13-10-18-14(24)11-22(13)15(25)8-5-9-23-20-16(19-21-23)12-6-3-2-4-7-12/h2-4,6-7,13H,5,8-11H2,1H3,(H,18,24)/t13-/m1/s1. The number of carbonyl (C=O) groups excluding carboxylic acids is 3. The number of nitrogens with zero attached hydrogens (tertiary/aromatic N) is 5. The van der Waals surface area contributed by atoms with Crippen LogP contribution in [0, 0.1) is 0 Å². The lowest BCUT2D eigenvalue weighted by atomic mass is 10.1. The molecular formula is C17H20N6O4. The molecule has 1 fully saturated rings. The molecule has 0 bridgehead atoms. The number of esters is 1. The first kappa shape index (κ1) is 18.5. The van der Waals surface area contributed by atoms with Gasteiger partial charge in [0.25, 0.3) is 0 Å². The summed E-state index contributed by atoms with van der Waals surface area (Å²) in [5, 5.41) is 14.8. The highest BCUT2D eigenvalue weighted by Gasteiger charge is 2.35. The van der Waals surface area contributed by atoms with Gasteiger partial charge in [0.1, 0.15) is 12.6 Å². The molecule has 1 aromatic carbocycles. The van der Waals surface area contributed by atoms with Gasteiger partial charge in [0.2, 0.25) is 17.6 Å². The van der Waals surface area contributed by atoms with Crippen LogP contribution in [0.25, 0.3) is 11.4 Å². The summed E-state index contributed by atoms with van der Waals surface area (Å²) in [4.78, 5) is 38.5. The molecule has 1 saturated heterocycles. The van der Waals surface area contributed by atoms with Crippen molar-refractivity contribution in [1.29, 1.82) is 0 Å². The Kier molecular flexibility index (Phi) is 5.74. The normalized spacial score (nSPS) is 16.7. The summed E-state index contributed by atoms with van der Waals surface area (Å²) in [7, 11) is 1.25. The van der Waals surface area contributed by atoms with Crippen LogP contribution in [0.4, 0.5) is 0 Å². The number of methoxy groups -OCH3 is 1. The summed E-state index contributed by atoms with van der Waals surface area (Å²) >= 11 is 0. The highest BCUT2D eigenvalue weighted by Crippen LogP contribution is 2.13. The van der Waals surface area contributed by atoms with Crippen LogP contribution in [-0.4, -0.2) is 69.1 Å². The number of carbonyl (C=O) groups is 3. The van der Waals surface area contributed by atoms with Gasteiger partial charge in [-0.2, -0.15) is 4.80 Å². The molecule has 1 aliphatic rings. The zero-order chi connectivity index (χ0) is 19.2. The quantitative estimate of drug-likeness (QED) is 0.687. The number of hydrogen-bond donors (Lipinski definition) is 1. The number of tetrazole rings is 1. The number of rotatable bonds is 6. The third kappa shape index (κ3) is 4.46. The van der Waals surface area contributed by atoms with Crippen molar-refractivity contribution >= 4 is 17.8 Å². The topological polar surface area (TPSA) is 119 Å². The van der Waals surface area contributed by atoms with Gasteiger partial charge < -0.3 is 15.0 Å². The maximum absolute atomic E-state index is 12.5. The molecule has 3 rings (SSSR count). The minimum absolute atomic E-state index is 0.0579. The lowest BCUT2D eigenvalue weighted by Crippen LogP contribution is -2.59. The van der Waals surface area contributed by atoms with Gasteiger partial charge in [-0.15, -0.1) is 10.2 Å². The highest BCUT2D eigenvalue weighted by atomic mass is 16.5. The molecule has 0 saturated carbocycles. The Bertz CT molecular complexity index is 822. The van der Waals surface area contributed by atoms with Crippen LogP contribution in [0.2, 0.25) is 0 Å².